The molecule has 0 radical (unpaired) electrons. The van der Waals surface area contributed by atoms with Crippen LogP contribution in [0, 0.1) is 0 Å². The molecule has 0 bridgehead atoms. The molecule has 2 aromatic carbocycles. The summed E-state index contributed by atoms with van der Waals surface area (Å²) in [6, 6.07) is 11.2. The summed E-state index contributed by atoms with van der Waals surface area (Å²) in [6.45, 7) is 20.1. The summed E-state index contributed by atoms with van der Waals surface area (Å²) in [5.41, 5.74) is 2.84. The average Bonchev–Trinajstić information content (AvgIpc) is 2.81. The van der Waals surface area contributed by atoms with E-state index in [0.717, 1.165) is 22.3 Å². The van der Waals surface area contributed by atoms with Crippen LogP contribution in [0.3, 0.4) is 0 Å². The summed E-state index contributed by atoms with van der Waals surface area (Å²) in [4.78, 5) is 0. The van der Waals surface area contributed by atoms with Gasteiger partial charge < -0.3 is 29.2 Å². The number of aliphatic hydroxyl groups is 2. The van der Waals surface area contributed by atoms with Crippen LogP contribution < -0.4 is 18.9 Å². The highest BCUT2D eigenvalue weighted by molar-refractivity contribution is 5.54. The first kappa shape index (κ1) is 28.3. The molecule has 0 fully saturated rings. The summed E-state index contributed by atoms with van der Waals surface area (Å²) in [7, 11) is 0. The molecule has 0 spiro atoms. The number of ether oxygens (including phenoxy) is 4. The third-order valence-corrected chi connectivity index (χ3v) is 5.45. The Morgan fingerprint density at radius 1 is 0.771 bits per heavy atom. The Morgan fingerprint density at radius 3 is 1.46 bits per heavy atom. The largest absolute Gasteiger partial charge is 0.489 e. The second kappa shape index (κ2) is 12.7. The molecule has 0 aliphatic rings. The molecule has 0 saturated carbocycles. The third-order valence-electron chi connectivity index (χ3n) is 5.45. The van der Waals surface area contributed by atoms with Crippen molar-refractivity contribution in [3.8, 4) is 23.0 Å². The summed E-state index contributed by atoms with van der Waals surface area (Å²) in [5, 5.41) is 20.5. The van der Waals surface area contributed by atoms with Crippen molar-refractivity contribution in [2.75, 3.05) is 13.2 Å². The minimum Gasteiger partial charge on any atom is -0.489 e. The minimum absolute atomic E-state index is 0.386. The van der Waals surface area contributed by atoms with Gasteiger partial charge in [-0.25, -0.2) is 0 Å². The maximum atomic E-state index is 10.3. The number of hydrogen-bond acceptors (Lipinski definition) is 6. The van der Waals surface area contributed by atoms with Crippen molar-refractivity contribution in [3.05, 3.63) is 71.8 Å². The fraction of sp³-hybridized carbons (Fsp3) is 0.448. The van der Waals surface area contributed by atoms with Crippen LogP contribution in [0.2, 0.25) is 0 Å². The Balaban J connectivity index is 2.56. The molecule has 6 nitrogen and oxygen atoms in total. The molecule has 192 valence electrons. The van der Waals surface area contributed by atoms with E-state index in [1.807, 2.05) is 65.8 Å². The lowest BCUT2D eigenvalue weighted by Gasteiger charge is -2.31. The van der Waals surface area contributed by atoms with Crippen molar-refractivity contribution in [2.45, 2.75) is 72.4 Å². The molecule has 2 unspecified atom stereocenters. The first-order valence-electron chi connectivity index (χ1n) is 12.0. The van der Waals surface area contributed by atoms with Crippen molar-refractivity contribution < 1.29 is 29.2 Å². The van der Waals surface area contributed by atoms with Crippen molar-refractivity contribution in [3.63, 3.8) is 0 Å². The topological polar surface area (TPSA) is 77.4 Å². The van der Waals surface area contributed by atoms with Gasteiger partial charge in [-0.1, -0.05) is 53.0 Å². The van der Waals surface area contributed by atoms with Crippen LogP contribution in [-0.2, 0) is 5.41 Å². The molecular weight excluding hydrogens is 444 g/mol. The van der Waals surface area contributed by atoms with Gasteiger partial charge in [0.25, 0.3) is 0 Å². The molecule has 2 atom stereocenters. The molecule has 0 heterocycles. The van der Waals surface area contributed by atoms with Gasteiger partial charge in [0.15, 0.2) is 12.6 Å². The monoisotopic (exact) mass is 484 g/mol. The first-order chi connectivity index (χ1) is 16.5. The van der Waals surface area contributed by atoms with Crippen LogP contribution in [-0.4, -0.2) is 36.0 Å². The van der Waals surface area contributed by atoms with E-state index in [9.17, 15) is 10.2 Å². The van der Waals surface area contributed by atoms with Crippen LogP contribution >= 0.6 is 0 Å². The van der Waals surface area contributed by atoms with Crippen molar-refractivity contribution in [2.24, 2.45) is 0 Å². The lowest BCUT2D eigenvalue weighted by atomic mass is 9.77. The molecular formula is C29H40O6. The molecule has 0 aliphatic heterocycles. The van der Waals surface area contributed by atoms with E-state index in [2.05, 4.69) is 13.2 Å². The Morgan fingerprint density at radius 2 is 1.14 bits per heavy atom. The summed E-state index contributed by atoms with van der Waals surface area (Å²) in [5.74, 6) is 2.25. The van der Waals surface area contributed by atoms with E-state index in [4.69, 9.17) is 18.9 Å². The van der Waals surface area contributed by atoms with E-state index < -0.39 is 18.0 Å². The second-order valence-electron chi connectivity index (χ2n) is 9.39. The number of benzene rings is 2. The minimum atomic E-state index is -0.962. The van der Waals surface area contributed by atoms with Crippen LogP contribution in [0.4, 0.5) is 0 Å². The van der Waals surface area contributed by atoms with E-state index in [-0.39, 0.29) is 0 Å². The van der Waals surface area contributed by atoms with Crippen molar-refractivity contribution in [1.82, 2.24) is 0 Å². The maximum Gasteiger partial charge on any atom is 0.197 e. The van der Waals surface area contributed by atoms with Gasteiger partial charge in [0.1, 0.15) is 36.2 Å². The zero-order valence-electron chi connectivity index (χ0n) is 21.9. The highest BCUT2D eigenvalue weighted by atomic mass is 16.6. The van der Waals surface area contributed by atoms with E-state index in [1.165, 1.54) is 0 Å². The highest BCUT2D eigenvalue weighted by Crippen LogP contribution is 2.44. The fourth-order valence-corrected chi connectivity index (χ4v) is 3.43. The zero-order chi connectivity index (χ0) is 26.2. The van der Waals surface area contributed by atoms with Crippen LogP contribution in [0.25, 0.3) is 0 Å². The molecule has 35 heavy (non-hydrogen) atoms. The molecule has 0 aromatic heterocycles. The standard InChI is InChI=1S/C29H40O6/c1-9-27(30)34-25-15-21(32-17-19(3)4)11-13-23(25)29(7,8)24-14-12-22(33-18-20(5)6)16-26(24)35-28(31)10-2/h11-16,27-28,30-31H,3,5,9-10,17-18H2,1-2,4,6-8H3. The van der Waals surface area contributed by atoms with E-state index >= 15 is 0 Å². The predicted octanol–water partition coefficient (Wildman–Crippen LogP) is 6.14. The van der Waals surface area contributed by atoms with Gasteiger partial charge in [-0.05, 0) is 37.1 Å². The SMILES string of the molecule is C=C(C)COc1ccc(C(C)(C)c2ccc(OCC(=C)C)cc2OC(O)CC)c(OC(O)CC)c1. The van der Waals surface area contributed by atoms with Crippen molar-refractivity contribution >= 4 is 0 Å². The Bertz CT molecular complexity index is 931. The molecule has 2 rings (SSSR count). The molecule has 2 aromatic rings. The van der Waals surface area contributed by atoms with E-state index in [1.54, 1.807) is 12.1 Å². The zero-order valence-corrected chi connectivity index (χ0v) is 21.9. The smallest absolute Gasteiger partial charge is 0.197 e. The molecule has 0 aliphatic carbocycles. The first-order valence-corrected chi connectivity index (χ1v) is 12.0. The number of rotatable bonds is 14. The fourth-order valence-electron chi connectivity index (χ4n) is 3.43. The van der Waals surface area contributed by atoms with Gasteiger partial charge in [-0.15, -0.1) is 0 Å². The number of hydrogen-bond donors (Lipinski definition) is 2. The second-order valence-corrected chi connectivity index (χ2v) is 9.39. The highest BCUT2D eigenvalue weighted by Gasteiger charge is 2.31. The number of aliphatic hydroxyl groups excluding tert-OH is 2. The third kappa shape index (κ3) is 8.05. The van der Waals surface area contributed by atoms with Crippen molar-refractivity contribution in [1.29, 1.82) is 0 Å². The Hall–Kier alpha value is -2.96. The normalized spacial score (nSPS) is 13.0. The van der Waals surface area contributed by atoms with Crippen LogP contribution in [0.5, 0.6) is 23.0 Å². The Labute approximate surface area is 209 Å². The lowest BCUT2D eigenvalue weighted by Crippen LogP contribution is -2.25. The molecule has 0 amide bonds. The molecule has 0 saturated heterocycles. The Kier molecular flexibility index (Phi) is 10.2. The van der Waals surface area contributed by atoms with E-state index in [0.29, 0.717) is 49.1 Å². The van der Waals surface area contributed by atoms with Gasteiger partial charge >= 0.3 is 0 Å². The summed E-state index contributed by atoms with van der Waals surface area (Å²) < 4.78 is 23.4. The molecule has 6 heteroatoms. The van der Waals surface area contributed by atoms with Gasteiger partial charge in [0.05, 0.1) is 0 Å². The quantitative estimate of drug-likeness (QED) is 0.248. The van der Waals surface area contributed by atoms with Gasteiger partial charge in [-0.2, -0.15) is 0 Å². The maximum absolute atomic E-state index is 10.3. The average molecular weight is 485 g/mol. The molecule has 2 N–H and O–H groups in total. The lowest BCUT2D eigenvalue weighted by molar-refractivity contribution is -0.0211. The van der Waals surface area contributed by atoms with Crippen LogP contribution in [0.1, 0.15) is 65.5 Å². The van der Waals surface area contributed by atoms with Gasteiger partial charge in [0, 0.05) is 41.5 Å². The summed E-state index contributed by atoms with van der Waals surface area (Å²) >= 11 is 0. The van der Waals surface area contributed by atoms with Crippen LogP contribution in [0.15, 0.2) is 60.7 Å². The van der Waals surface area contributed by atoms with Gasteiger partial charge in [-0.3, -0.25) is 0 Å². The predicted molar refractivity (Wildman–Crippen MR) is 139 cm³/mol. The summed E-state index contributed by atoms with van der Waals surface area (Å²) in [6.07, 6.45) is -1.06. The van der Waals surface area contributed by atoms with Gasteiger partial charge in [0.2, 0.25) is 0 Å².